The summed E-state index contributed by atoms with van der Waals surface area (Å²) in [5, 5.41) is 0. The van der Waals surface area contributed by atoms with E-state index in [2.05, 4.69) is 0 Å². The van der Waals surface area contributed by atoms with E-state index in [4.69, 9.17) is 40.7 Å². The Kier molecular flexibility index (Phi) is 17.0. The molecule has 31 heavy (non-hydrogen) atoms. The predicted molar refractivity (Wildman–Crippen MR) is 113 cm³/mol. The van der Waals surface area contributed by atoms with Crippen LogP contribution in [0.4, 0.5) is 0 Å². The predicted octanol–water partition coefficient (Wildman–Crippen LogP) is 3.71. The van der Waals surface area contributed by atoms with Crippen molar-refractivity contribution in [3.05, 3.63) is 0 Å². The molecule has 0 rings (SSSR count). The second kappa shape index (κ2) is 16.8. The molecule has 0 saturated heterocycles. The van der Waals surface area contributed by atoms with Crippen molar-refractivity contribution in [2.24, 2.45) is 0 Å². The average Bonchev–Trinajstić information content (AvgIpc) is 2.80. The molecule has 0 amide bonds. The Balaban J connectivity index is 4.50. The maximum absolute atomic E-state index is 12.0. The number of rotatable bonds is 21. The van der Waals surface area contributed by atoms with Crippen LogP contribution in [0.5, 0.6) is 0 Å². The van der Waals surface area contributed by atoms with Crippen LogP contribution in [0.3, 0.4) is 0 Å². The minimum atomic E-state index is -3.57. The summed E-state index contributed by atoms with van der Waals surface area (Å²) in [4.78, 5) is 1.96. The highest BCUT2D eigenvalue weighted by Crippen LogP contribution is 2.48. The third-order valence-corrected chi connectivity index (χ3v) is 8.20. The fraction of sp³-hybridized carbons (Fsp3) is 1.00. The Morgan fingerprint density at radius 3 is 1.19 bits per heavy atom. The number of phosphoric ester groups is 3. The van der Waals surface area contributed by atoms with Gasteiger partial charge in [0.25, 0.3) is 0 Å². The molecule has 0 heterocycles. The molecular weight excluding hydrogens is 479 g/mol. The van der Waals surface area contributed by atoms with Gasteiger partial charge in [0, 0.05) is 55.7 Å². The van der Waals surface area contributed by atoms with Crippen LogP contribution in [-0.2, 0) is 54.4 Å². The fourth-order valence-corrected chi connectivity index (χ4v) is 4.27. The summed E-state index contributed by atoms with van der Waals surface area (Å²) in [6, 6.07) is 0. The highest BCUT2D eigenvalue weighted by Gasteiger charge is 2.25. The third-order valence-electron chi connectivity index (χ3n) is 4.02. The Labute approximate surface area is 184 Å². The standard InChI is InChI=1S/C15H36NO12P3/c1-20-29(17,21-2)26-13-9-7-8-10-16(11-14-27-30(18,22-3)23-4)12-15-28-31(19,24-5)25-6/h7-15H2,1-6H3. The molecule has 0 unspecified atom stereocenters. The average molecular weight is 515 g/mol. The van der Waals surface area contributed by atoms with Crippen molar-refractivity contribution in [1.82, 2.24) is 4.90 Å². The summed E-state index contributed by atoms with van der Waals surface area (Å²) >= 11 is 0. The zero-order chi connectivity index (χ0) is 23.8. The number of nitrogens with zero attached hydrogens (tertiary/aromatic N) is 1. The van der Waals surface area contributed by atoms with E-state index in [0.29, 0.717) is 26.1 Å². The molecule has 0 aliphatic carbocycles. The van der Waals surface area contributed by atoms with Crippen LogP contribution in [0.15, 0.2) is 0 Å². The van der Waals surface area contributed by atoms with Gasteiger partial charge in [-0.2, -0.15) is 0 Å². The van der Waals surface area contributed by atoms with Crippen LogP contribution in [0.1, 0.15) is 19.3 Å². The van der Waals surface area contributed by atoms with E-state index >= 15 is 0 Å². The van der Waals surface area contributed by atoms with Gasteiger partial charge in [0.05, 0.1) is 19.8 Å². The largest absolute Gasteiger partial charge is 0.474 e. The van der Waals surface area contributed by atoms with Gasteiger partial charge in [-0.3, -0.25) is 45.6 Å². The summed E-state index contributed by atoms with van der Waals surface area (Å²) < 4.78 is 79.6. The van der Waals surface area contributed by atoms with E-state index in [0.717, 1.165) is 12.8 Å². The van der Waals surface area contributed by atoms with Crippen LogP contribution < -0.4 is 0 Å². The van der Waals surface area contributed by atoms with Crippen molar-refractivity contribution in [3.63, 3.8) is 0 Å². The second-order valence-corrected chi connectivity index (χ2v) is 11.5. The molecule has 0 N–H and O–H groups in total. The monoisotopic (exact) mass is 515 g/mol. The van der Waals surface area contributed by atoms with Gasteiger partial charge in [0.1, 0.15) is 0 Å². The normalized spacial score (nSPS) is 13.3. The van der Waals surface area contributed by atoms with Crippen molar-refractivity contribution in [2.75, 3.05) is 82.1 Å². The summed E-state index contributed by atoms with van der Waals surface area (Å²) in [5.74, 6) is 0. The zero-order valence-corrected chi connectivity index (χ0v) is 21.7. The van der Waals surface area contributed by atoms with Crippen molar-refractivity contribution < 1.29 is 54.4 Å². The van der Waals surface area contributed by atoms with E-state index in [1.165, 1.54) is 42.7 Å². The van der Waals surface area contributed by atoms with E-state index in [-0.39, 0.29) is 19.8 Å². The van der Waals surface area contributed by atoms with Gasteiger partial charge in [-0.05, 0) is 25.8 Å². The minimum absolute atomic E-state index is 0.0825. The van der Waals surface area contributed by atoms with Gasteiger partial charge < -0.3 is 0 Å². The number of hydrogen-bond donors (Lipinski definition) is 0. The Bertz CT molecular complexity index is 552. The highest BCUT2D eigenvalue weighted by molar-refractivity contribution is 7.49. The lowest BCUT2D eigenvalue weighted by Crippen LogP contribution is -2.32. The molecule has 0 aromatic rings. The van der Waals surface area contributed by atoms with E-state index in [9.17, 15) is 13.7 Å². The summed E-state index contributed by atoms with van der Waals surface area (Å²) in [6.07, 6.45) is 2.18. The number of hydrogen-bond acceptors (Lipinski definition) is 13. The molecule has 0 radical (unpaired) electrons. The molecular formula is C15H36NO12P3. The first kappa shape index (κ1) is 31.3. The number of phosphoric acid groups is 3. The van der Waals surface area contributed by atoms with Gasteiger partial charge in [-0.1, -0.05) is 0 Å². The smallest absolute Gasteiger partial charge is 0.299 e. The van der Waals surface area contributed by atoms with E-state index in [1.54, 1.807) is 0 Å². The second-order valence-electron chi connectivity index (χ2n) is 5.84. The molecule has 0 atom stereocenters. The first-order chi connectivity index (χ1) is 14.6. The molecule has 16 heteroatoms. The van der Waals surface area contributed by atoms with Gasteiger partial charge in [-0.15, -0.1) is 0 Å². The van der Waals surface area contributed by atoms with Gasteiger partial charge in [-0.25, -0.2) is 13.7 Å². The van der Waals surface area contributed by atoms with Gasteiger partial charge in [0.2, 0.25) is 0 Å². The maximum atomic E-state index is 12.0. The number of unbranched alkanes of at least 4 members (excludes halogenated alkanes) is 2. The summed E-state index contributed by atoms with van der Waals surface area (Å²) in [5.41, 5.74) is 0. The SMILES string of the molecule is COP(=O)(OC)OCCCCCN(CCOP(=O)(OC)OC)CCOP(=O)(OC)OC. The van der Waals surface area contributed by atoms with E-state index < -0.39 is 23.5 Å². The van der Waals surface area contributed by atoms with Crippen LogP contribution in [0.2, 0.25) is 0 Å². The quantitative estimate of drug-likeness (QED) is 0.162. The first-order valence-electron chi connectivity index (χ1n) is 9.46. The minimum Gasteiger partial charge on any atom is -0.299 e. The molecule has 0 spiro atoms. The molecule has 0 fully saturated rings. The Morgan fingerprint density at radius 1 is 0.484 bits per heavy atom. The van der Waals surface area contributed by atoms with Crippen molar-refractivity contribution in [3.8, 4) is 0 Å². The lowest BCUT2D eigenvalue weighted by molar-refractivity contribution is 0.110. The lowest BCUT2D eigenvalue weighted by Gasteiger charge is -2.24. The van der Waals surface area contributed by atoms with E-state index in [1.807, 2.05) is 4.90 Å². The fourth-order valence-electron chi connectivity index (χ4n) is 2.23. The maximum Gasteiger partial charge on any atom is 0.474 e. The Hall–Kier alpha value is 0.290. The zero-order valence-electron chi connectivity index (χ0n) is 19.1. The van der Waals surface area contributed by atoms with Crippen LogP contribution in [0, 0.1) is 0 Å². The topological polar surface area (TPSA) is 138 Å². The Morgan fingerprint density at radius 2 is 0.839 bits per heavy atom. The molecule has 0 saturated carbocycles. The molecule has 188 valence electrons. The third kappa shape index (κ3) is 13.6. The molecule has 0 aliphatic rings. The highest BCUT2D eigenvalue weighted by atomic mass is 31.2. The van der Waals surface area contributed by atoms with Crippen LogP contribution >= 0.6 is 23.5 Å². The first-order valence-corrected chi connectivity index (χ1v) is 13.8. The van der Waals surface area contributed by atoms with Crippen LogP contribution in [-0.4, -0.2) is 87.0 Å². The van der Waals surface area contributed by atoms with Crippen molar-refractivity contribution in [2.45, 2.75) is 19.3 Å². The molecule has 0 aromatic heterocycles. The molecule has 13 nitrogen and oxygen atoms in total. The van der Waals surface area contributed by atoms with Crippen molar-refractivity contribution in [1.29, 1.82) is 0 Å². The lowest BCUT2D eigenvalue weighted by atomic mass is 10.2. The summed E-state index contributed by atoms with van der Waals surface area (Å²) in [7, 11) is -3.17. The van der Waals surface area contributed by atoms with Gasteiger partial charge in [0.15, 0.2) is 0 Å². The van der Waals surface area contributed by atoms with Gasteiger partial charge >= 0.3 is 23.5 Å². The molecule has 0 aliphatic heterocycles. The van der Waals surface area contributed by atoms with Crippen molar-refractivity contribution >= 4 is 23.5 Å². The summed E-state index contributed by atoms with van der Waals surface area (Å²) in [6.45, 7) is 1.80. The molecule has 0 aromatic carbocycles. The molecule has 0 bridgehead atoms. The van der Waals surface area contributed by atoms with Crippen LogP contribution in [0.25, 0.3) is 0 Å².